The highest BCUT2D eigenvalue weighted by molar-refractivity contribution is 5.05. The van der Waals surface area contributed by atoms with Crippen LogP contribution >= 0.6 is 0 Å². The first-order chi connectivity index (χ1) is 6.52. The molecule has 0 amide bonds. The number of likely N-dealkylation sites (tertiary alicyclic amines) is 1. The van der Waals surface area contributed by atoms with Gasteiger partial charge < -0.3 is 4.74 Å². The Bertz CT molecular complexity index is 197. The lowest BCUT2D eigenvalue weighted by molar-refractivity contribution is -0.0389. The Morgan fingerprint density at radius 1 is 1.14 bits per heavy atom. The zero-order chi connectivity index (χ0) is 10.2. The Balaban J connectivity index is 1.84. The maximum absolute atomic E-state index is 5.93. The van der Waals surface area contributed by atoms with Crippen molar-refractivity contribution in [3.05, 3.63) is 0 Å². The first-order valence-electron chi connectivity index (χ1n) is 5.91. The van der Waals surface area contributed by atoms with E-state index in [1.807, 2.05) is 0 Å². The van der Waals surface area contributed by atoms with Crippen LogP contribution < -0.4 is 0 Å². The predicted octanol–water partition coefficient (Wildman–Crippen LogP) is 2.43. The van der Waals surface area contributed by atoms with Crippen LogP contribution in [0.3, 0.4) is 0 Å². The molecule has 0 N–H and O–H groups in total. The predicted molar refractivity (Wildman–Crippen MR) is 58.5 cm³/mol. The first kappa shape index (κ1) is 10.4. The molecule has 2 fully saturated rings. The van der Waals surface area contributed by atoms with Crippen molar-refractivity contribution in [1.82, 2.24) is 4.90 Å². The minimum absolute atomic E-state index is 0.0231. The van der Waals surface area contributed by atoms with Gasteiger partial charge in [0.05, 0.1) is 12.2 Å². The van der Waals surface area contributed by atoms with Crippen molar-refractivity contribution in [2.24, 2.45) is 0 Å². The summed E-state index contributed by atoms with van der Waals surface area (Å²) in [4.78, 5) is 2.65. The number of ether oxygens (including phenoxy) is 1. The molecule has 82 valence electrons. The molecule has 1 aliphatic carbocycles. The van der Waals surface area contributed by atoms with E-state index in [1.54, 1.807) is 0 Å². The van der Waals surface area contributed by atoms with Gasteiger partial charge in [-0.25, -0.2) is 0 Å². The smallest absolute Gasteiger partial charge is 0.0657 e. The van der Waals surface area contributed by atoms with Crippen molar-refractivity contribution >= 4 is 0 Å². The van der Waals surface area contributed by atoms with Gasteiger partial charge in [-0.15, -0.1) is 0 Å². The molecular formula is C12H23NO. The molecule has 0 unspecified atom stereocenters. The lowest BCUT2D eigenvalue weighted by atomic mass is 10.2. The second-order valence-corrected chi connectivity index (χ2v) is 5.82. The van der Waals surface area contributed by atoms with E-state index in [-0.39, 0.29) is 5.60 Å². The average Bonchev–Trinajstić information content (AvgIpc) is 2.67. The van der Waals surface area contributed by atoms with Crippen molar-refractivity contribution in [1.29, 1.82) is 0 Å². The summed E-state index contributed by atoms with van der Waals surface area (Å²) in [5, 5.41) is 0. The molecule has 0 radical (unpaired) electrons. The Labute approximate surface area is 87.6 Å². The van der Waals surface area contributed by atoms with Gasteiger partial charge in [-0.3, -0.25) is 4.90 Å². The summed E-state index contributed by atoms with van der Waals surface area (Å²) in [7, 11) is 0. The maximum atomic E-state index is 5.93. The fraction of sp³-hybridized carbons (Fsp3) is 1.00. The van der Waals surface area contributed by atoms with Crippen LogP contribution in [0.5, 0.6) is 0 Å². The van der Waals surface area contributed by atoms with Crippen molar-refractivity contribution in [3.63, 3.8) is 0 Å². The van der Waals surface area contributed by atoms with Gasteiger partial charge in [0, 0.05) is 5.54 Å². The highest BCUT2D eigenvalue weighted by Gasteiger charge is 2.49. The topological polar surface area (TPSA) is 12.5 Å². The molecule has 1 saturated carbocycles. The van der Waals surface area contributed by atoms with Crippen molar-refractivity contribution in [2.75, 3.05) is 19.7 Å². The zero-order valence-electron chi connectivity index (χ0n) is 9.81. The third-order valence-corrected chi connectivity index (χ3v) is 3.38. The molecule has 2 rings (SSSR count). The minimum atomic E-state index is 0.0231. The molecule has 0 aromatic heterocycles. The van der Waals surface area contributed by atoms with Gasteiger partial charge in [0.15, 0.2) is 0 Å². The van der Waals surface area contributed by atoms with E-state index < -0.39 is 0 Å². The standard InChI is InChI=1S/C12H23NO/c1-11(2,3)14-10-12(6-7-12)13-8-4-5-9-13/h4-10H2,1-3H3. The number of hydrogen-bond acceptors (Lipinski definition) is 2. The van der Waals surface area contributed by atoms with Gasteiger partial charge in [-0.2, -0.15) is 0 Å². The van der Waals surface area contributed by atoms with Crippen LogP contribution in [0.15, 0.2) is 0 Å². The van der Waals surface area contributed by atoms with Gasteiger partial charge >= 0.3 is 0 Å². The second-order valence-electron chi connectivity index (χ2n) is 5.82. The molecule has 0 bridgehead atoms. The van der Waals surface area contributed by atoms with Crippen molar-refractivity contribution in [3.8, 4) is 0 Å². The zero-order valence-corrected chi connectivity index (χ0v) is 9.81. The fourth-order valence-electron chi connectivity index (χ4n) is 2.24. The third-order valence-electron chi connectivity index (χ3n) is 3.38. The Morgan fingerprint density at radius 2 is 1.71 bits per heavy atom. The van der Waals surface area contributed by atoms with Gasteiger partial charge in [-0.05, 0) is 59.5 Å². The molecule has 0 aromatic rings. The summed E-state index contributed by atoms with van der Waals surface area (Å²) in [6.07, 6.45) is 5.47. The SMILES string of the molecule is CC(C)(C)OCC1(N2CCCC2)CC1. The van der Waals surface area contributed by atoms with E-state index in [2.05, 4.69) is 25.7 Å². The lowest BCUT2D eigenvalue weighted by Crippen LogP contribution is -2.40. The third kappa shape index (κ3) is 2.29. The van der Waals surface area contributed by atoms with E-state index in [0.717, 1.165) is 6.61 Å². The summed E-state index contributed by atoms with van der Waals surface area (Å²) in [5.74, 6) is 0. The number of hydrogen-bond donors (Lipinski definition) is 0. The normalized spacial score (nSPS) is 26.8. The van der Waals surface area contributed by atoms with Crippen LogP contribution in [0.25, 0.3) is 0 Å². The highest BCUT2D eigenvalue weighted by Crippen LogP contribution is 2.44. The second kappa shape index (κ2) is 3.49. The van der Waals surface area contributed by atoms with Crippen LogP contribution in [-0.4, -0.2) is 35.7 Å². The Morgan fingerprint density at radius 3 is 2.14 bits per heavy atom. The summed E-state index contributed by atoms with van der Waals surface area (Å²) < 4.78 is 5.93. The average molecular weight is 197 g/mol. The lowest BCUT2D eigenvalue weighted by Gasteiger charge is -2.30. The molecule has 2 nitrogen and oxygen atoms in total. The summed E-state index contributed by atoms with van der Waals surface area (Å²) in [6.45, 7) is 9.98. The van der Waals surface area contributed by atoms with E-state index >= 15 is 0 Å². The van der Waals surface area contributed by atoms with Gasteiger partial charge in [0.25, 0.3) is 0 Å². The molecule has 0 atom stereocenters. The number of nitrogens with zero attached hydrogens (tertiary/aromatic N) is 1. The van der Waals surface area contributed by atoms with Crippen LogP contribution in [-0.2, 0) is 4.74 Å². The molecular weight excluding hydrogens is 174 g/mol. The molecule has 2 heteroatoms. The summed E-state index contributed by atoms with van der Waals surface area (Å²) >= 11 is 0. The molecule has 0 aromatic carbocycles. The van der Waals surface area contributed by atoms with Crippen molar-refractivity contribution < 1.29 is 4.74 Å². The van der Waals surface area contributed by atoms with E-state index in [4.69, 9.17) is 4.74 Å². The number of rotatable bonds is 3. The summed E-state index contributed by atoms with van der Waals surface area (Å²) in [5.41, 5.74) is 0.471. The van der Waals surface area contributed by atoms with Gasteiger partial charge in [0.2, 0.25) is 0 Å². The van der Waals surface area contributed by atoms with Crippen LogP contribution in [0.4, 0.5) is 0 Å². The Kier molecular flexibility index (Phi) is 2.61. The minimum Gasteiger partial charge on any atom is -0.374 e. The molecule has 14 heavy (non-hydrogen) atoms. The van der Waals surface area contributed by atoms with Crippen molar-refractivity contribution in [2.45, 2.75) is 57.6 Å². The highest BCUT2D eigenvalue weighted by atomic mass is 16.5. The monoisotopic (exact) mass is 197 g/mol. The van der Waals surface area contributed by atoms with E-state index in [0.29, 0.717) is 5.54 Å². The van der Waals surface area contributed by atoms with E-state index in [1.165, 1.54) is 38.8 Å². The molecule has 0 spiro atoms. The van der Waals surface area contributed by atoms with Crippen LogP contribution in [0.1, 0.15) is 46.5 Å². The fourth-order valence-corrected chi connectivity index (χ4v) is 2.24. The van der Waals surface area contributed by atoms with Crippen LogP contribution in [0, 0.1) is 0 Å². The maximum Gasteiger partial charge on any atom is 0.0657 e. The van der Waals surface area contributed by atoms with Gasteiger partial charge in [-0.1, -0.05) is 0 Å². The van der Waals surface area contributed by atoms with Crippen LogP contribution in [0.2, 0.25) is 0 Å². The molecule has 1 saturated heterocycles. The molecule has 1 aliphatic heterocycles. The summed E-state index contributed by atoms with van der Waals surface area (Å²) in [6, 6.07) is 0. The Hall–Kier alpha value is -0.0800. The van der Waals surface area contributed by atoms with Gasteiger partial charge in [0.1, 0.15) is 0 Å². The van der Waals surface area contributed by atoms with E-state index in [9.17, 15) is 0 Å². The largest absolute Gasteiger partial charge is 0.374 e. The molecule has 1 heterocycles. The quantitative estimate of drug-likeness (QED) is 0.689. The molecule has 2 aliphatic rings. The first-order valence-corrected chi connectivity index (χ1v) is 5.91.